The zero-order chi connectivity index (χ0) is 15.2. The Morgan fingerprint density at radius 1 is 1.00 bits per heavy atom. The topological polar surface area (TPSA) is 15.3 Å². The summed E-state index contributed by atoms with van der Waals surface area (Å²) >= 11 is 0. The largest absolute Gasteiger partial charge is 0.309 e. The van der Waals surface area contributed by atoms with E-state index in [-0.39, 0.29) is 0 Å². The Balaban J connectivity index is 2.18. The molecule has 0 aliphatic heterocycles. The van der Waals surface area contributed by atoms with Crippen molar-refractivity contribution >= 4 is 10.8 Å². The third-order valence-electron chi connectivity index (χ3n) is 3.80. The third-order valence-corrected chi connectivity index (χ3v) is 3.80. The standard InChI is InChI=1S/C19H28N2/c1-5-20-19(14-21(4)13-15(2)3)18-11-10-16-8-6-7-9-17(16)12-18/h6-12,15,19-20H,5,13-14H2,1-4H3. The number of nitrogens with one attached hydrogen (secondary N) is 1. The maximum absolute atomic E-state index is 3.63. The molecule has 1 N–H and O–H groups in total. The maximum Gasteiger partial charge on any atom is 0.0449 e. The number of fused-ring (bicyclic) bond motifs is 1. The van der Waals surface area contributed by atoms with E-state index in [2.05, 4.69) is 80.5 Å². The Morgan fingerprint density at radius 3 is 2.38 bits per heavy atom. The van der Waals surface area contributed by atoms with Gasteiger partial charge in [0.05, 0.1) is 0 Å². The smallest absolute Gasteiger partial charge is 0.0449 e. The molecular formula is C19H28N2. The van der Waals surface area contributed by atoms with Crippen LogP contribution in [0.15, 0.2) is 42.5 Å². The van der Waals surface area contributed by atoms with Gasteiger partial charge in [-0.2, -0.15) is 0 Å². The van der Waals surface area contributed by atoms with Gasteiger partial charge < -0.3 is 10.2 Å². The number of hydrogen-bond acceptors (Lipinski definition) is 2. The van der Waals surface area contributed by atoms with Crippen molar-refractivity contribution in [1.82, 2.24) is 10.2 Å². The van der Waals surface area contributed by atoms with Crippen LogP contribution in [0.5, 0.6) is 0 Å². The first-order valence-electron chi connectivity index (χ1n) is 8.00. The Hall–Kier alpha value is -1.38. The number of hydrogen-bond donors (Lipinski definition) is 1. The summed E-state index contributed by atoms with van der Waals surface area (Å²) < 4.78 is 0. The van der Waals surface area contributed by atoms with Crippen LogP contribution < -0.4 is 5.32 Å². The lowest BCUT2D eigenvalue weighted by molar-refractivity contribution is 0.263. The zero-order valence-corrected chi connectivity index (χ0v) is 13.8. The highest BCUT2D eigenvalue weighted by molar-refractivity contribution is 5.83. The van der Waals surface area contributed by atoms with E-state index in [0.717, 1.165) is 19.6 Å². The van der Waals surface area contributed by atoms with Crippen LogP contribution in [-0.2, 0) is 0 Å². The minimum atomic E-state index is 0.392. The van der Waals surface area contributed by atoms with E-state index in [0.29, 0.717) is 12.0 Å². The molecule has 2 heteroatoms. The monoisotopic (exact) mass is 284 g/mol. The van der Waals surface area contributed by atoms with Crippen molar-refractivity contribution < 1.29 is 0 Å². The predicted molar refractivity (Wildman–Crippen MR) is 92.7 cm³/mol. The molecule has 2 aromatic rings. The zero-order valence-electron chi connectivity index (χ0n) is 13.8. The van der Waals surface area contributed by atoms with Crippen LogP contribution in [0.1, 0.15) is 32.4 Å². The Morgan fingerprint density at radius 2 is 1.71 bits per heavy atom. The number of benzene rings is 2. The molecule has 1 atom stereocenters. The SMILES string of the molecule is CCNC(CN(C)CC(C)C)c1ccc2ccccc2c1. The first-order chi connectivity index (χ1) is 10.1. The second kappa shape index (κ2) is 7.58. The molecule has 2 nitrogen and oxygen atoms in total. The van der Waals surface area contributed by atoms with Crippen LogP contribution in [-0.4, -0.2) is 31.6 Å². The molecule has 0 bridgehead atoms. The maximum atomic E-state index is 3.63. The summed E-state index contributed by atoms with van der Waals surface area (Å²) in [4.78, 5) is 2.42. The van der Waals surface area contributed by atoms with Crippen LogP contribution in [0.25, 0.3) is 10.8 Å². The van der Waals surface area contributed by atoms with E-state index >= 15 is 0 Å². The van der Waals surface area contributed by atoms with Gasteiger partial charge in [0.25, 0.3) is 0 Å². The fourth-order valence-corrected chi connectivity index (χ4v) is 2.97. The van der Waals surface area contributed by atoms with Gasteiger partial charge in [0.2, 0.25) is 0 Å². The second-order valence-electron chi connectivity index (χ2n) is 6.33. The Kier molecular flexibility index (Phi) is 5.77. The summed E-state index contributed by atoms with van der Waals surface area (Å²) in [5.74, 6) is 0.703. The van der Waals surface area contributed by atoms with Crippen LogP contribution >= 0.6 is 0 Å². The molecule has 0 aromatic heterocycles. The molecule has 0 fully saturated rings. The second-order valence-corrected chi connectivity index (χ2v) is 6.33. The van der Waals surface area contributed by atoms with E-state index < -0.39 is 0 Å². The normalized spacial score (nSPS) is 13.2. The van der Waals surface area contributed by atoms with E-state index in [1.165, 1.54) is 16.3 Å². The van der Waals surface area contributed by atoms with Crippen molar-refractivity contribution in [2.75, 3.05) is 26.7 Å². The molecule has 0 aliphatic rings. The summed E-state index contributed by atoms with van der Waals surface area (Å²) in [6.07, 6.45) is 0. The summed E-state index contributed by atoms with van der Waals surface area (Å²) in [6.45, 7) is 9.90. The first-order valence-corrected chi connectivity index (χ1v) is 8.00. The fourth-order valence-electron chi connectivity index (χ4n) is 2.97. The van der Waals surface area contributed by atoms with Gasteiger partial charge in [0.1, 0.15) is 0 Å². The van der Waals surface area contributed by atoms with Crippen molar-refractivity contribution in [2.45, 2.75) is 26.8 Å². The molecule has 0 aliphatic carbocycles. The molecule has 0 amide bonds. The van der Waals surface area contributed by atoms with Crippen LogP contribution in [0.3, 0.4) is 0 Å². The van der Waals surface area contributed by atoms with Crippen molar-refractivity contribution in [3.63, 3.8) is 0 Å². The van der Waals surface area contributed by atoms with Gasteiger partial charge >= 0.3 is 0 Å². The van der Waals surface area contributed by atoms with Crippen molar-refractivity contribution in [3.05, 3.63) is 48.0 Å². The molecule has 21 heavy (non-hydrogen) atoms. The lowest BCUT2D eigenvalue weighted by Gasteiger charge is -2.26. The van der Waals surface area contributed by atoms with Crippen molar-refractivity contribution in [3.8, 4) is 0 Å². The average Bonchev–Trinajstić information content (AvgIpc) is 2.45. The lowest BCUT2D eigenvalue weighted by atomic mass is 10.0. The van der Waals surface area contributed by atoms with Gasteiger partial charge in [-0.1, -0.05) is 57.2 Å². The molecule has 114 valence electrons. The molecule has 1 unspecified atom stereocenters. The lowest BCUT2D eigenvalue weighted by Crippen LogP contribution is -2.34. The summed E-state index contributed by atoms with van der Waals surface area (Å²) in [7, 11) is 2.21. The number of rotatable bonds is 7. The Bertz CT molecular complexity index is 562. The van der Waals surface area contributed by atoms with Gasteiger partial charge in [-0.15, -0.1) is 0 Å². The number of nitrogens with zero attached hydrogens (tertiary/aromatic N) is 1. The molecule has 0 radical (unpaired) electrons. The molecule has 2 rings (SSSR count). The van der Waals surface area contributed by atoms with Crippen molar-refractivity contribution in [1.29, 1.82) is 0 Å². The van der Waals surface area contributed by atoms with E-state index in [1.807, 2.05) is 0 Å². The Labute approximate surface area is 129 Å². The van der Waals surface area contributed by atoms with Gasteiger partial charge in [0.15, 0.2) is 0 Å². The fraction of sp³-hybridized carbons (Fsp3) is 0.474. The molecule has 0 heterocycles. The molecule has 2 aromatic carbocycles. The minimum Gasteiger partial charge on any atom is -0.309 e. The van der Waals surface area contributed by atoms with Crippen LogP contribution in [0.2, 0.25) is 0 Å². The van der Waals surface area contributed by atoms with Crippen molar-refractivity contribution in [2.24, 2.45) is 5.92 Å². The van der Waals surface area contributed by atoms with Crippen LogP contribution in [0, 0.1) is 5.92 Å². The minimum absolute atomic E-state index is 0.392. The van der Waals surface area contributed by atoms with Gasteiger partial charge in [-0.05, 0) is 41.9 Å². The summed E-state index contributed by atoms with van der Waals surface area (Å²) in [5, 5.41) is 6.26. The van der Waals surface area contributed by atoms with E-state index in [9.17, 15) is 0 Å². The third kappa shape index (κ3) is 4.55. The average molecular weight is 284 g/mol. The molecule has 0 saturated heterocycles. The van der Waals surface area contributed by atoms with E-state index in [4.69, 9.17) is 0 Å². The molecular weight excluding hydrogens is 256 g/mol. The van der Waals surface area contributed by atoms with E-state index in [1.54, 1.807) is 0 Å². The molecule has 0 spiro atoms. The highest BCUT2D eigenvalue weighted by atomic mass is 15.1. The van der Waals surface area contributed by atoms with Gasteiger partial charge in [-0.25, -0.2) is 0 Å². The highest BCUT2D eigenvalue weighted by Crippen LogP contribution is 2.21. The predicted octanol–water partition coefficient (Wildman–Crippen LogP) is 4.08. The summed E-state index contributed by atoms with van der Waals surface area (Å²) in [5.41, 5.74) is 1.38. The summed E-state index contributed by atoms with van der Waals surface area (Å²) in [6, 6.07) is 15.8. The van der Waals surface area contributed by atoms with Crippen LogP contribution in [0.4, 0.5) is 0 Å². The first kappa shape index (κ1) is 16.0. The molecule has 0 saturated carbocycles. The highest BCUT2D eigenvalue weighted by Gasteiger charge is 2.14. The quantitative estimate of drug-likeness (QED) is 0.824. The van der Waals surface area contributed by atoms with Gasteiger partial charge in [0, 0.05) is 19.1 Å². The van der Waals surface area contributed by atoms with Gasteiger partial charge in [-0.3, -0.25) is 0 Å². The number of likely N-dealkylation sites (N-methyl/N-ethyl adjacent to an activating group) is 2.